The molecule has 1 heterocycles. The summed E-state index contributed by atoms with van der Waals surface area (Å²) in [5.41, 5.74) is -1.01. The van der Waals surface area contributed by atoms with Crippen molar-refractivity contribution in [2.45, 2.75) is 38.5 Å². The first-order valence-corrected chi connectivity index (χ1v) is 8.10. The second-order valence-electron chi connectivity index (χ2n) is 4.54. The van der Waals surface area contributed by atoms with Crippen LogP contribution in [0, 0.1) is 5.92 Å². The molecule has 0 N–H and O–H groups in total. The first-order chi connectivity index (χ1) is 9.01. The molecule has 0 saturated carbocycles. The van der Waals surface area contributed by atoms with Crippen LogP contribution in [-0.2, 0) is 23.1 Å². The van der Waals surface area contributed by atoms with Crippen molar-refractivity contribution in [1.29, 1.82) is 0 Å². The molecule has 1 saturated heterocycles. The van der Waals surface area contributed by atoms with Crippen LogP contribution in [0.1, 0.15) is 26.7 Å². The van der Waals surface area contributed by atoms with Crippen LogP contribution in [0.5, 0.6) is 0 Å². The second kappa shape index (κ2) is 5.65. The third-order valence-corrected chi connectivity index (χ3v) is 5.79. The van der Waals surface area contributed by atoms with Crippen LogP contribution >= 0.6 is 7.60 Å². The van der Waals surface area contributed by atoms with Crippen molar-refractivity contribution in [3.8, 4) is 0 Å². The highest BCUT2D eigenvalue weighted by Crippen LogP contribution is 2.59. The van der Waals surface area contributed by atoms with Gasteiger partial charge >= 0.3 is 13.6 Å². The van der Waals surface area contributed by atoms with Gasteiger partial charge in [-0.1, -0.05) is 6.08 Å². The van der Waals surface area contributed by atoms with Gasteiger partial charge in [0.25, 0.3) is 0 Å². The van der Waals surface area contributed by atoms with Gasteiger partial charge in [0, 0.05) is 5.92 Å². The monoisotopic (exact) mass is 289 g/mol. The highest BCUT2D eigenvalue weighted by molar-refractivity contribution is 7.55. The van der Waals surface area contributed by atoms with E-state index >= 15 is 0 Å². The molecule has 1 aliphatic carbocycles. The number of carbonyl (C=O) groups is 1. The van der Waals surface area contributed by atoms with Crippen molar-refractivity contribution in [1.82, 2.24) is 0 Å². The summed E-state index contributed by atoms with van der Waals surface area (Å²) in [7, 11) is -3.60. The Balaban J connectivity index is 2.32. The highest BCUT2D eigenvalue weighted by atomic mass is 31.2. The summed E-state index contributed by atoms with van der Waals surface area (Å²) in [4.78, 5) is 12.0. The number of allylic oxidation sites excluding steroid dienone is 1. The number of ether oxygens (including phenoxy) is 1. The van der Waals surface area contributed by atoms with E-state index in [2.05, 4.69) is 0 Å². The molecular formula is C12H18O6P-. The topological polar surface area (TPSA) is 84.9 Å². The summed E-state index contributed by atoms with van der Waals surface area (Å²) in [5.74, 6) is -1.15. The van der Waals surface area contributed by atoms with Crippen LogP contribution in [0.3, 0.4) is 0 Å². The van der Waals surface area contributed by atoms with E-state index in [1.54, 1.807) is 13.8 Å². The zero-order chi connectivity index (χ0) is 14.0. The van der Waals surface area contributed by atoms with Gasteiger partial charge in [-0.2, -0.15) is 0 Å². The number of esters is 1. The Morgan fingerprint density at radius 2 is 2.05 bits per heavy atom. The maximum Gasteiger partial charge on any atom is 0.345 e. The van der Waals surface area contributed by atoms with E-state index in [9.17, 15) is 14.5 Å². The molecule has 0 aromatic heterocycles. The first kappa shape index (κ1) is 14.6. The summed E-state index contributed by atoms with van der Waals surface area (Å²) < 4.78 is 28.3. The second-order valence-corrected chi connectivity index (χ2v) is 6.70. The molecule has 0 aromatic carbocycles. The van der Waals surface area contributed by atoms with Crippen molar-refractivity contribution < 1.29 is 28.3 Å². The predicted molar refractivity (Wildman–Crippen MR) is 65.3 cm³/mol. The fraction of sp³-hybridized carbons (Fsp3) is 0.750. The van der Waals surface area contributed by atoms with E-state index < -0.39 is 25.1 Å². The van der Waals surface area contributed by atoms with Crippen LogP contribution in [0.15, 0.2) is 11.8 Å². The number of hydrogen-bond donors (Lipinski definition) is 0. The normalized spacial score (nSPS) is 30.7. The summed E-state index contributed by atoms with van der Waals surface area (Å²) in [5, 5.41) is 11.5. The fourth-order valence-corrected chi connectivity index (χ4v) is 4.72. The number of hydrogen-bond acceptors (Lipinski definition) is 6. The zero-order valence-corrected chi connectivity index (χ0v) is 11.9. The van der Waals surface area contributed by atoms with Gasteiger partial charge in [0.1, 0.15) is 6.10 Å². The molecule has 2 aliphatic rings. The fourth-order valence-electron chi connectivity index (χ4n) is 2.59. The SMILES string of the molecule is CCOP(=O)(OCC)C1C(=O)OC2CCC([O-])=CC21. The van der Waals surface area contributed by atoms with Crippen LogP contribution in [0.2, 0.25) is 0 Å². The molecular weight excluding hydrogens is 271 g/mol. The van der Waals surface area contributed by atoms with Gasteiger partial charge in [-0.3, -0.25) is 9.36 Å². The van der Waals surface area contributed by atoms with Gasteiger partial charge in [0.15, 0.2) is 5.66 Å². The van der Waals surface area contributed by atoms with Gasteiger partial charge < -0.3 is 18.9 Å². The Hall–Kier alpha value is -0.840. The molecule has 7 heteroatoms. The van der Waals surface area contributed by atoms with E-state index in [1.807, 2.05) is 0 Å². The van der Waals surface area contributed by atoms with Gasteiger partial charge in [-0.25, -0.2) is 0 Å². The molecule has 3 atom stereocenters. The predicted octanol–water partition coefficient (Wildman–Crippen LogP) is 1.20. The van der Waals surface area contributed by atoms with Crippen LogP contribution in [0.4, 0.5) is 0 Å². The molecule has 6 nitrogen and oxygen atoms in total. The lowest BCUT2D eigenvalue weighted by molar-refractivity contribution is -0.309. The molecule has 108 valence electrons. The molecule has 19 heavy (non-hydrogen) atoms. The lowest BCUT2D eigenvalue weighted by atomic mass is 9.91. The largest absolute Gasteiger partial charge is 0.876 e. The lowest BCUT2D eigenvalue weighted by Gasteiger charge is -2.29. The van der Waals surface area contributed by atoms with Gasteiger partial charge in [-0.15, -0.1) is 5.76 Å². The van der Waals surface area contributed by atoms with Crippen LogP contribution in [0.25, 0.3) is 0 Å². The Bertz CT molecular complexity index is 422. The Morgan fingerprint density at radius 3 is 2.63 bits per heavy atom. The maximum atomic E-state index is 12.7. The number of carbonyl (C=O) groups excluding carboxylic acids is 1. The van der Waals surface area contributed by atoms with Gasteiger partial charge in [0.2, 0.25) is 0 Å². The van der Waals surface area contributed by atoms with Gasteiger partial charge in [-0.05, 0) is 26.7 Å². The Morgan fingerprint density at radius 1 is 1.42 bits per heavy atom. The average molecular weight is 289 g/mol. The third-order valence-electron chi connectivity index (χ3n) is 3.32. The van der Waals surface area contributed by atoms with Crippen molar-refractivity contribution in [3.05, 3.63) is 11.8 Å². The van der Waals surface area contributed by atoms with Gasteiger partial charge in [0.05, 0.1) is 13.2 Å². The first-order valence-electron chi connectivity index (χ1n) is 6.48. The number of fused-ring (bicyclic) bond motifs is 1. The summed E-state index contributed by atoms with van der Waals surface area (Å²) in [6.45, 7) is 3.71. The highest BCUT2D eigenvalue weighted by Gasteiger charge is 2.55. The van der Waals surface area contributed by atoms with Crippen molar-refractivity contribution in [3.63, 3.8) is 0 Å². The Kier molecular flexibility index (Phi) is 4.33. The van der Waals surface area contributed by atoms with E-state index in [4.69, 9.17) is 13.8 Å². The molecule has 0 bridgehead atoms. The minimum Gasteiger partial charge on any atom is -0.876 e. The van der Waals surface area contributed by atoms with E-state index in [0.29, 0.717) is 12.8 Å². The standard InChI is InChI=1S/C12H19O6P/c1-3-16-19(15,17-4-2)11-9-7-8(13)5-6-10(9)18-12(11)14/h7,9-11,13H,3-6H2,1-2H3/p-1. The molecule has 0 aromatic rings. The number of rotatable bonds is 5. The molecule has 2 rings (SSSR count). The van der Waals surface area contributed by atoms with Crippen molar-refractivity contribution in [2.24, 2.45) is 5.92 Å². The lowest BCUT2D eigenvalue weighted by Crippen LogP contribution is -2.30. The summed E-state index contributed by atoms with van der Waals surface area (Å²) >= 11 is 0. The molecule has 1 aliphatic heterocycles. The van der Waals surface area contributed by atoms with Crippen molar-refractivity contribution in [2.75, 3.05) is 13.2 Å². The zero-order valence-electron chi connectivity index (χ0n) is 11.0. The minimum atomic E-state index is -3.60. The quantitative estimate of drug-likeness (QED) is 0.558. The average Bonchev–Trinajstić information content (AvgIpc) is 2.65. The summed E-state index contributed by atoms with van der Waals surface area (Å²) in [6, 6.07) is 0. The third kappa shape index (κ3) is 2.71. The van der Waals surface area contributed by atoms with Crippen LogP contribution in [-0.4, -0.2) is 30.9 Å². The molecule has 0 amide bonds. The molecule has 0 radical (unpaired) electrons. The molecule has 3 unspecified atom stereocenters. The van der Waals surface area contributed by atoms with Crippen molar-refractivity contribution >= 4 is 13.6 Å². The summed E-state index contributed by atoms with van der Waals surface area (Å²) in [6.07, 6.45) is 1.88. The maximum absolute atomic E-state index is 12.7. The smallest absolute Gasteiger partial charge is 0.345 e. The molecule has 1 fully saturated rings. The van der Waals surface area contributed by atoms with E-state index in [0.717, 1.165) is 0 Å². The van der Waals surface area contributed by atoms with E-state index in [1.165, 1.54) is 6.08 Å². The minimum absolute atomic E-state index is 0.0518. The Labute approximate surface area is 112 Å². The van der Waals surface area contributed by atoms with E-state index in [-0.39, 0.29) is 25.1 Å². The van der Waals surface area contributed by atoms with Crippen LogP contribution < -0.4 is 5.11 Å². The molecule has 0 spiro atoms.